The van der Waals surface area contributed by atoms with E-state index >= 15 is 0 Å². The Labute approximate surface area is 85.7 Å². The summed E-state index contributed by atoms with van der Waals surface area (Å²) in [7, 11) is 0. The molecular formula is C10H8ClNS. The summed E-state index contributed by atoms with van der Waals surface area (Å²) in [5.41, 5.74) is 1.06. The number of benzene rings is 1. The highest BCUT2D eigenvalue weighted by molar-refractivity contribution is 7.19. The molecule has 0 aliphatic carbocycles. The van der Waals surface area contributed by atoms with Crippen LogP contribution in [0.2, 0.25) is 0 Å². The maximum atomic E-state index is 5.54. The number of halogens is 1. The molecule has 3 heteroatoms. The second kappa shape index (κ2) is 3.90. The van der Waals surface area contributed by atoms with Crippen LogP contribution in [0.4, 0.5) is 0 Å². The molecule has 0 saturated heterocycles. The van der Waals surface area contributed by atoms with E-state index in [1.807, 2.05) is 30.4 Å². The number of para-hydroxylation sites is 1. The van der Waals surface area contributed by atoms with E-state index in [2.05, 4.69) is 11.1 Å². The Morgan fingerprint density at radius 3 is 3.00 bits per heavy atom. The Hall–Kier alpha value is -0.860. The largest absolute Gasteiger partial charge is 0.237 e. The van der Waals surface area contributed by atoms with Crippen molar-refractivity contribution in [1.29, 1.82) is 0 Å². The van der Waals surface area contributed by atoms with Gasteiger partial charge in [-0.1, -0.05) is 18.2 Å². The highest BCUT2D eigenvalue weighted by Gasteiger charge is 1.98. The number of rotatable bonds is 2. The van der Waals surface area contributed by atoms with E-state index in [1.165, 1.54) is 4.70 Å². The van der Waals surface area contributed by atoms with Crippen molar-refractivity contribution in [2.75, 3.05) is 5.88 Å². The van der Waals surface area contributed by atoms with Gasteiger partial charge >= 0.3 is 0 Å². The van der Waals surface area contributed by atoms with Crippen molar-refractivity contribution in [3.63, 3.8) is 0 Å². The lowest BCUT2D eigenvalue weighted by molar-refractivity contribution is 1.46. The third kappa shape index (κ3) is 1.90. The Kier molecular flexibility index (Phi) is 2.62. The van der Waals surface area contributed by atoms with Crippen molar-refractivity contribution in [2.45, 2.75) is 0 Å². The van der Waals surface area contributed by atoms with Gasteiger partial charge in [0, 0.05) is 5.88 Å². The molecule has 1 aromatic heterocycles. The summed E-state index contributed by atoms with van der Waals surface area (Å²) in [5.74, 6) is 0.538. The van der Waals surface area contributed by atoms with Crippen molar-refractivity contribution in [3.8, 4) is 0 Å². The van der Waals surface area contributed by atoms with Crippen LogP contribution in [0.25, 0.3) is 16.3 Å². The Balaban J connectivity index is 2.44. The first-order valence-corrected chi connectivity index (χ1v) is 5.33. The first kappa shape index (κ1) is 8.73. The van der Waals surface area contributed by atoms with Gasteiger partial charge in [-0.25, -0.2) is 4.98 Å². The molecule has 1 heterocycles. The van der Waals surface area contributed by atoms with Gasteiger partial charge in [0.25, 0.3) is 0 Å². The molecule has 0 atom stereocenters. The molecule has 2 aromatic rings. The number of thiazole rings is 1. The highest BCUT2D eigenvalue weighted by atomic mass is 35.5. The van der Waals surface area contributed by atoms with Gasteiger partial charge in [0.05, 0.1) is 10.2 Å². The van der Waals surface area contributed by atoms with Gasteiger partial charge in [-0.3, -0.25) is 0 Å². The number of aromatic nitrogens is 1. The topological polar surface area (TPSA) is 12.9 Å². The van der Waals surface area contributed by atoms with Crippen molar-refractivity contribution in [2.24, 2.45) is 0 Å². The minimum atomic E-state index is 0.538. The van der Waals surface area contributed by atoms with Crippen LogP contribution in [0, 0.1) is 0 Å². The molecule has 13 heavy (non-hydrogen) atoms. The average Bonchev–Trinajstić information content (AvgIpc) is 2.57. The molecule has 0 amide bonds. The predicted octanol–water partition coefficient (Wildman–Crippen LogP) is 3.55. The van der Waals surface area contributed by atoms with Crippen LogP contribution in [0.1, 0.15) is 5.01 Å². The SMILES string of the molecule is ClCC=Cc1nc2ccccc2s1. The summed E-state index contributed by atoms with van der Waals surface area (Å²) in [4.78, 5) is 4.42. The van der Waals surface area contributed by atoms with Crippen molar-refractivity contribution >= 4 is 39.2 Å². The van der Waals surface area contributed by atoms with Crippen LogP contribution in [0.3, 0.4) is 0 Å². The number of fused-ring (bicyclic) bond motifs is 1. The van der Waals surface area contributed by atoms with E-state index < -0.39 is 0 Å². The molecule has 1 nitrogen and oxygen atoms in total. The molecule has 0 radical (unpaired) electrons. The summed E-state index contributed by atoms with van der Waals surface area (Å²) in [6.07, 6.45) is 3.86. The summed E-state index contributed by atoms with van der Waals surface area (Å²) < 4.78 is 1.22. The number of hydrogen-bond donors (Lipinski definition) is 0. The highest BCUT2D eigenvalue weighted by Crippen LogP contribution is 2.22. The second-order valence-electron chi connectivity index (χ2n) is 2.58. The summed E-state index contributed by atoms with van der Waals surface area (Å²) >= 11 is 7.22. The number of nitrogens with zero attached hydrogens (tertiary/aromatic N) is 1. The van der Waals surface area contributed by atoms with E-state index in [0.717, 1.165) is 10.5 Å². The summed E-state index contributed by atoms with van der Waals surface area (Å²) in [6, 6.07) is 8.11. The van der Waals surface area contributed by atoms with Crippen LogP contribution in [0.5, 0.6) is 0 Å². The Bertz CT molecular complexity index is 400. The van der Waals surface area contributed by atoms with Gasteiger partial charge in [-0.05, 0) is 18.2 Å². The normalized spacial score (nSPS) is 11.5. The lowest BCUT2D eigenvalue weighted by Gasteiger charge is -1.80. The minimum absolute atomic E-state index is 0.538. The van der Waals surface area contributed by atoms with E-state index in [0.29, 0.717) is 5.88 Å². The zero-order valence-electron chi connectivity index (χ0n) is 6.90. The molecule has 0 fully saturated rings. The smallest absolute Gasteiger partial charge is 0.117 e. The fraction of sp³-hybridized carbons (Fsp3) is 0.100. The van der Waals surface area contributed by atoms with Crippen LogP contribution in [0.15, 0.2) is 30.3 Å². The first-order chi connectivity index (χ1) is 6.40. The third-order valence-electron chi connectivity index (χ3n) is 1.66. The molecule has 0 aliphatic rings. The molecule has 2 rings (SSSR count). The van der Waals surface area contributed by atoms with Crippen LogP contribution >= 0.6 is 22.9 Å². The summed E-state index contributed by atoms with van der Waals surface area (Å²) in [5, 5.41) is 1.02. The quantitative estimate of drug-likeness (QED) is 0.690. The van der Waals surface area contributed by atoms with Crippen molar-refractivity contribution in [3.05, 3.63) is 35.3 Å². The van der Waals surface area contributed by atoms with Gasteiger partial charge in [0.15, 0.2) is 0 Å². The molecule has 0 aliphatic heterocycles. The fourth-order valence-corrected chi connectivity index (χ4v) is 2.09. The number of hydrogen-bond acceptors (Lipinski definition) is 2. The number of allylic oxidation sites excluding steroid dienone is 1. The monoisotopic (exact) mass is 209 g/mol. The molecular weight excluding hydrogens is 202 g/mol. The van der Waals surface area contributed by atoms with Crippen molar-refractivity contribution in [1.82, 2.24) is 4.98 Å². The van der Waals surface area contributed by atoms with E-state index in [-0.39, 0.29) is 0 Å². The maximum absolute atomic E-state index is 5.54. The molecule has 1 aromatic carbocycles. The third-order valence-corrected chi connectivity index (χ3v) is 2.84. The molecule has 0 spiro atoms. The molecule has 0 unspecified atom stereocenters. The molecule has 0 bridgehead atoms. The lowest BCUT2D eigenvalue weighted by atomic mass is 10.3. The lowest BCUT2D eigenvalue weighted by Crippen LogP contribution is -1.68. The average molecular weight is 210 g/mol. The fourth-order valence-electron chi connectivity index (χ4n) is 1.11. The molecule has 66 valence electrons. The molecule has 0 saturated carbocycles. The maximum Gasteiger partial charge on any atom is 0.117 e. The van der Waals surface area contributed by atoms with E-state index in [4.69, 9.17) is 11.6 Å². The van der Waals surface area contributed by atoms with Crippen LogP contribution in [-0.2, 0) is 0 Å². The predicted molar refractivity (Wildman–Crippen MR) is 59.4 cm³/mol. The van der Waals surface area contributed by atoms with Gasteiger partial charge in [0.2, 0.25) is 0 Å². The van der Waals surface area contributed by atoms with Gasteiger partial charge < -0.3 is 0 Å². The second-order valence-corrected chi connectivity index (χ2v) is 3.95. The Morgan fingerprint density at radius 1 is 1.38 bits per heavy atom. The standard InChI is InChI=1S/C10H8ClNS/c11-7-3-6-10-12-8-4-1-2-5-9(8)13-10/h1-6H,7H2. The van der Waals surface area contributed by atoms with Crippen molar-refractivity contribution < 1.29 is 0 Å². The summed E-state index contributed by atoms with van der Waals surface area (Å²) in [6.45, 7) is 0. The van der Waals surface area contributed by atoms with Crippen LogP contribution in [-0.4, -0.2) is 10.9 Å². The van der Waals surface area contributed by atoms with Gasteiger partial charge in [-0.2, -0.15) is 0 Å². The van der Waals surface area contributed by atoms with E-state index in [1.54, 1.807) is 11.3 Å². The van der Waals surface area contributed by atoms with Crippen LogP contribution < -0.4 is 0 Å². The number of alkyl halides is 1. The first-order valence-electron chi connectivity index (χ1n) is 3.98. The molecule has 0 N–H and O–H groups in total. The van der Waals surface area contributed by atoms with Gasteiger partial charge in [-0.15, -0.1) is 22.9 Å². The van der Waals surface area contributed by atoms with Gasteiger partial charge in [0.1, 0.15) is 5.01 Å². The van der Waals surface area contributed by atoms with E-state index in [9.17, 15) is 0 Å². The zero-order chi connectivity index (χ0) is 9.10. The Morgan fingerprint density at radius 2 is 2.23 bits per heavy atom. The minimum Gasteiger partial charge on any atom is -0.237 e. The zero-order valence-corrected chi connectivity index (χ0v) is 8.48.